The van der Waals surface area contributed by atoms with Crippen molar-refractivity contribution in [3.8, 4) is 0 Å². The van der Waals surface area contributed by atoms with E-state index < -0.39 is 0 Å². The number of amides is 2. The molecule has 0 unspecified atom stereocenters. The van der Waals surface area contributed by atoms with Crippen LogP contribution in [0.5, 0.6) is 0 Å². The van der Waals surface area contributed by atoms with Crippen LogP contribution in [0.25, 0.3) is 0 Å². The summed E-state index contributed by atoms with van der Waals surface area (Å²) in [6, 6.07) is 9.49. The predicted octanol–water partition coefficient (Wildman–Crippen LogP) is 5.11. The van der Waals surface area contributed by atoms with Crippen LogP contribution >= 0.6 is 11.3 Å². The second-order valence-corrected chi connectivity index (χ2v) is 9.76. The van der Waals surface area contributed by atoms with Crippen molar-refractivity contribution in [1.82, 2.24) is 4.90 Å². The van der Waals surface area contributed by atoms with E-state index in [9.17, 15) is 9.59 Å². The molecule has 1 N–H and O–H groups in total. The molecule has 0 bridgehead atoms. The summed E-state index contributed by atoms with van der Waals surface area (Å²) in [5.41, 5.74) is 2.39. The molecule has 0 saturated carbocycles. The van der Waals surface area contributed by atoms with Gasteiger partial charge < -0.3 is 15.1 Å². The third kappa shape index (κ3) is 4.69. The Kier molecular flexibility index (Phi) is 6.42. The molecule has 1 aromatic carbocycles. The van der Waals surface area contributed by atoms with Gasteiger partial charge in [-0.05, 0) is 67.2 Å². The summed E-state index contributed by atoms with van der Waals surface area (Å²) in [7, 11) is 0. The Morgan fingerprint density at radius 1 is 0.967 bits per heavy atom. The third-order valence-electron chi connectivity index (χ3n) is 6.42. The molecule has 0 aliphatic carbocycles. The van der Waals surface area contributed by atoms with Crippen LogP contribution < -0.4 is 10.2 Å². The molecule has 4 rings (SSSR count). The summed E-state index contributed by atoms with van der Waals surface area (Å²) >= 11 is 1.41. The van der Waals surface area contributed by atoms with Gasteiger partial charge in [0.1, 0.15) is 0 Å². The van der Waals surface area contributed by atoms with E-state index in [1.54, 1.807) is 0 Å². The molecule has 1 aromatic heterocycles. The largest absolute Gasteiger partial charge is 0.371 e. The Balaban J connectivity index is 1.60. The maximum Gasteiger partial charge on any atom is 0.265 e. The Morgan fingerprint density at radius 2 is 1.63 bits per heavy atom. The van der Waals surface area contributed by atoms with E-state index in [0.717, 1.165) is 63.5 Å². The molecule has 2 saturated heterocycles. The van der Waals surface area contributed by atoms with E-state index in [-0.39, 0.29) is 11.8 Å². The highest BCUT2D eigenvalue weighted by atomic mass is 32.1. The molecule has 0 radical (unpaired) electrons. The topological polar surface area (TPSA) is 52.7 Å². The minimum absolute atomic E-state index is 0.0859. The number of hydrogen-bond donors (Lipinski definition) is 1. The van der Waals surface area contributed by atoms with Crippen LogP contribution in [0.15, 0.2) is 35.7 Å². The smallest absolute Gasteiger partial charge is 0.265 e. The van der Waals surface area contributed by atoms with Gasteiger partial charge in [-0.2, -0.15) is 0 Å². The molecule has 2 amide bonds. The van der Waals surface area contributed by atoms with Crippen molar-refractivity contribution in [1.29, 1.82) is 0 Å². The van der Waals surface area contributed by atoms with Crippen molar-refractivity contribution in [2.24, 2.45) is 11.8 Å². The minimum atomic E-state index is -0.130. The monoisotopic (exact) mass is 425 g/mol. The van der Waals surface area contributed by atoms with Gasteiger partial charge in [-0.15, -0.1) is 11.3 Å². The first-order valence-electron chi connectivity index (χ1n) is 11.0. The van der Waals surface area contributed by atoms with E-state index in [0.29, 0.717) is 22.0 Å². The van der Waals surface area contributed by atoms with E-state index >= 15 is 0 Å². The second-order valence-electron chi connectivity index (χ2n) is 8.81. The number of carbonyl (C=O) groups is 2. The SMILES string of the molecule is CC1CCN(C(=O)c2cc(NC(=O)c3cccs3)ccc2N2CCC(C)CC2)CC1. The fourth-order valence-electron chi connectivity index (χ4n) is 4.29. The number of likely N-dealkylation sites (tertiary alicyclic amines) is 1. The average Bonchev–Trinajstić information content (AvgIpc) is 3.30. The lowest BCUT2D eigenvalue weighted by molar-refractivity contribution is 0.0697. The van der Waals surface area contributed by atoms with Gasteiger partial charge in [-0.1, -0.05) is 19.9 Å². The van der Waals surface area contributed by atoms with Crippen LogP contribution in [-0.2, 0) is 0 Å². The number of nitrogens with one attached hydrogen (secondary N) is 1. The lowest BCUT2D eigenvalue weighted by Gasteiger charge is -2.35. The Labute approximate surface area is 183 Å². The molecule has 2 fully saturated rings. The first-order chi connectivity index (χ1) is 14.5. The van der Waals surface area contributed by atoms with Gasteiger partial charge in [0.25, 0.3) is 11.8 Å². The summed E-state index contributed by atoms with van der Waals surface area (Å²) in [5.74, 6) is 1.36. The fraction of sp³-hybridized carbons (Fsp3) is 0.500. The van der Waals surface area contributed by atoms with Crippen LogP contribution in [0.3, 0.4) is 0 Å². The van der Waals surface area contributed by atoms with Gasteiger partial charge in [0.15, 0.2) is 0 Å². The van der Waals surface area contributed by atoms with Crippen molar-refractivity contribution in [3.05, 3.63) is 46.2 Å². The number of benzene rings is 1. The maximum atomic E-state index is 13.5. The number of carbonyl (C=O) groups excluding carboxylic acids is 2. The Bertz CT molecular complexity index is 880. The predicted molar refractivity (Wildman–Crippen MR) is 124 cm³/mol. The molecule has 6 heteroatoms. The Hall–Kier alpha value is -2.34. The number of piperidine rings is 2. The van der Waals surface area contributed by atoms with Crippen LogP contribution in [-0.4, -0.2) is 42.9 Å². The molecule has 0 spiro atoms. The zero-order valence-corrected chi connectivity index (χ0v) is 18.7. The molecule has 5 nitrogen and oxygen atoms in total. The zero-order chi connectivity index (χ0) is 21.1. The van der Waals surface area contributed by atoms with E-state index in [2.05, 4.69) is 24.1 Å². The van der Waals surface area contributed by atoms with Crippen molar-refractivity contribution in [3.63, 3.8) is 0 Å². The maximum absolute atomic E-state index is 13.5. The van der Waals surface area contributed by atoms with Crippen molar-refractivity contribution >= 4 is 34.5 Å². The standard InChI is InChI=1S/C24H31N3O2S/c1-17-7-11-26(12-8-17)21-6-5-19(25-23(28)22-4-3-15-30-22)16-20(21)24(29)27-13-9-18(2)10-14-27/h3-6,15-18H,7-14H2,1-2H3,(H,25,28). The lowest BCUT2D eigenvalue weighted by atomic mass is 9.96. The van der Waals surface area contributed by atoms with E-state index in [4.69, 9.17) is 0 Å². The van der Waals surface area contributed by atoms with Gasteiger partial charge in [0, 0.05) is 37.6 Å². The van der Waals surface area contributed by atoms with Gasteiger partial charge in [-0.3, -0.25) is 9.59 Å². The average molecular weight is 426 g/mol. The number of rotatable bonds is 4. The van der Waals surface area contributed by atoms with Gasteiger partial charge >= 0.3 is 0 Å². The molecule has 2 aromatic rings. The summed E-state index contributed by atoms with van der Waals surface area (Å²) < 4.78 is 0. The molecule has 30 heavy (non-hydrogen) atoms. The highest BCUT2D eigenvalue weighted by molar-refractivity contribution is 7.12. The highest BCUT2D eigenvalue weighted by Crippen LogP contribution is 2.31. The van der Waals surface area contributed by atoms with Gasteiger partial charge in [0.2, 0.25) is 0 Å². The Morgan fingerprint density at radius 3 is 2.27 bits per heavy atom. The molecule has 2 aliphatic heterocycles. The number of hydrogen-bond acceptors (Lipinski definition) is 4. The molecule has 3 heterocycles. The quantitative estimate of drug-likeness (QED) is 0.741. The lowest BCUT2D eigenvalue weighted by Crippen LogP contribution is -2.40. The van der Waals surface area contributed by atoms with Crippen LogP contribution in [0, 0.1) is 11.8 Å². The summed E-state index contributed by atoms with van der Waals surface area (Å²) in [4.78, 5) is 31.0. The molecule has 2 aliphatic rings. The fourth-order valence-corrected chi connectivity index (χ4v) is 4.91. The number of thiophene rings is 1. The number of nitrogens with zero attached hydrogens (tertiary/aromatic N) is 2. The molecular formula is C24H31N3O2S. The summed E-state index contributed by atoms with van der Waals surface area (Å²) in [6.07, 6.45) is 4.39. The summed E-state index contributed by atoms with van der Waals surface area (Å²) in [5, 5.41) is 4.86. The molecule has 160 valence electrons. The van der Waals surface area contributed by atoms with Crippen molar-refractivity contribution in [2.75, 3.05) is 36.4 Å². The van der Waals surface area contributed by atoms with E-state index in [1.807, 2.05) is 40.6 Å². The zero-order valence-electron chi connectivity index (χ0n) is 17.9. The molecule has 0 atom stereocenters. The van der Waals surface area contributed by atoms with Crippen LogP contribution in [0.1, 0.15) is 59.6 Å². The number of anilines is 2. The van der Waals surface area contributed by atoms with Crippen LogP contribution in [0.2, 0.25) is 0 Å². The second kappa shape index (κ2) is 9.21. The van der Waals surface area contributed by atoms with Gasteiger partial charge in [0.05, 0.1) is 10.4 Å². The highest BCUT2D eigenvalue weighted by Gasteiger charge is 2.27. The van der Waals surface area contributed by atoms with E-state index in [1.165, 1.54) is 11.3 Å². The van der Waals surface area contributed by atoms with Crippen molar-refractivity contribution in [2.45, 2.75) is 39.5 Å². The minimum Gasteiger partial charge on any atom is -0.371 e. The normalized spacial score (nSPS) is 18.5. The van der Waals surface area contributed by atoms with Gasteiger partial charge in [-0.25, -0.2) is 0 Å². The van der Waals surface area contributed by atoms with Crippen molar-refractivity contribution < 1.29 is 9.59 Å². The molecular weight excluding hydrogens is 394 g/mol. The first-order valence-corrected chi connectivity index (χ1v) is 11.9. The first kappa shape index (κ1) is 20.9. The third-order valence-corrected chi connectivity index (χ3v) is 7.29. The summed E-state index contributed by atoms with van der Waals surface area (Å²) in [6.45, 7) is 8.10. The van der Waals surface area contributed by atoms with Crippen LogP contribution in [0.4, 0.5) is 11.4 Å².